The van der Waals surface area contributed by atoms with Gasteiger partial charge in [0, 0.05) is 11.1 Å². The van der Waals surface area contributed by atoms with E-state index in [0.717, 1.165) is 16.9 Å². The molecular weight excluding hydrogens is 382 g/mol. The fraction of sp³-hybridized carbons (Fsp3) is 0.217. The molecule has 0 aliphatic heterocycles. The van der Waals surface area contributed by atoms with E-state index in [1.54, 1.807) is 33.5 Å². The van der Waals surface area contributed by atoms with Gasteiger partial charge < -0.3 is 24.7 Å². The summed E-state index contributed by atoms with van der Waals surface area (Å²) in [7, 11) is 6.24. The van der Waals surface area contributed by atoms with Gasteiger partial charge in [-0.3, -0.25) is 0 Å². The van der Waals surface area contributed by atoms with Crippen molar-refractivity contribution in [2.24, 2.45) is 0 Å². The molecule has 0 saturated heterocycles. The highest BCUT2D eigenvalue weighted by Crippen LogP contribution is 2.44. The van der Waals surface area contributed by atoms with Crippen LogP contribution in [0, 0.1) is 18.3 Å². The second kappa shape index (κ2) is 8.62. The number of nitriles is 1. The third-order valence-corrected chi connectivity index (χ3v) is 4.90. The Hall–Kier alpha value is -3.92. The summed E-state index contributed by atoms with van der Waals surface area (Å²) in [5, 5.41) is 9.79. The van der Waals surface area contributed by atoms with Gasteiger partial charge in [-0.1, -0.05) is 0 Å². The van der Waals surface area contributed by atoms with E-state index in [4.69, 9.17) is 24.7 Å². The summed E-state index contributed by atoms with van der Waals surface area (Å²) in [6.07, 6.45) is 0. The maximum atomic E-state index is 9.79. The number of nitrogens with zero attached hydrogens (tertiary/aromatic N) is 2. The molecule has 0 unspecified atom stereocenters. The Balaban J connectivity index is 2.31. The van der Waals surface area contributed by atoms with Gasteiger partial charge in [0.05, 0.1) is 34.1 Å². The molecule has 0 fully saturated rings. The SMILES string of the molecule is COc1ccc(-c2nc(N)c(C#N)c(-c3cc(OC)c(OC)c(OC)c3)c2C)cc1. The van der Waals surface area contributed by atoms with Crippen molar-refractivity contribution in [1.82, 2.24) is 4.98 Å². The summed E-state index contributed by atoms with van der Waals surface area (Å²) in [6.45, 7) is 1.91. The zero-order valence-electron chi connectivity index (χ0n) is 17.6. The molecule has 0 atom stereocenters. The number of aromatic nitrogens is 1. The van der Waals surface area contributed by atoms with Crippen LogP contribution in [-0.4, -0.2) is 33.4 Å². The van der Waals surface area contributed by atoms with Gasteiger partial charge in [0.1, 0.15) is 23.2 Å². The third kappa shape index (κ3) is 3.55. The molecule has 3 rings (SSSR count). The second-order valence-corrected chi connectivity index (χ2v) is 6.47. The van der Waals surface area contributed by atoms with Crippen LogP contribution in [-0.2, 0) is 0 Å². The lowest BCUT2D eigenvalue weighted by molar-refractivity contribution is 0.324. The molecular formula is C23H23N3O4. The Bertz CT molecular complexity index is 1090. The van der Waals surface area contributed by atoms with Gasteiger partial charge in [-0.05, 0) is 54.4 Å². The fourth-order valence-corrected chi connectivity index (χ4v) is 3.42. The first-order chi connectivity index (χ1) is 14.5. The highest BCUT2D eigenvalue weighted by atomic mass is 16.5. The average Bonchev–Trinajstić information content (AvgIpc) is 2.78. The molecule has 0 aliphatic rings. The monoisotopic (exact) mass is 405 g/mol. The van der Waals surface area contributed by atoms with Crippen LogP contribution in [0.2, 0.25) is 0 Å². The molecule has 7 heteroatoms. The Labute approximate surface area is 175 Å². The number of benzene rings is 2. The molecule has 0 aliphatic carbocycles. The van der Waals surface area contributed by atoms with E-state index in [0.29, 0.717) is 39.6 Å². The lowest BCUT2D eigenvalue weighted by Gasteiger charge is -2.18. The van der Waals surface area contributed by atoms with E-state index >= 15 is 0 Å². The van der Waals surface area contributed by atoms with Crippen LogP contribution in [0.1, 0.15) is 11.1 Å². The lowest BCUT2D eigenvalue weighted by Crippen LogP contribution is -2.04. The number of pyridine rings is 1. The van der Waals surface area contributed by atoms with Crippen LogP contribution in [0.5, 0.6) is 23.0 Å². The molecule has 0 bridgehead atoms. The molecule has 2 N–H and O–H groups in total. The van der Waals surface area contributed by atoms with Crippen LogP contribution in [0.3, 0.4) is 0 Å². The van der Waals surface area contributed by atoms with Crippen LogP contribution in [0.4, 0.5) is 5.82 Å². The van der Waals surface area contributed by atoms with Crippen molar-refractivity contribution in [3.05, 3.63) is 47.5 Å². The molecule has 0 radical (unpaired) electrons. The number of anilines is 1. The molecule has 154 valence electrons. The van der Waals surface area contributed by atoms with Crippen molar-refractivity contribution >= 4 is 5.82 Å². The molecule has 3 aromatic rings. The molecule has 0 saturated carbocycles. The number of rotatable bonds is 6. The van der Waals surface area contributed by atoms with Gasteiger partial charge in [-0.25, -0.2) is 4.98 Å². The minimum absolute atomic E-state index is 0.151. The Morgan fingerprint density at radius 2 is 1.47 bits per heavy atom. The van der Waals surface area contributed by atoms with Crippen molar-refractivity contribution < 1.29 is 18.9 Å². The number of nitrogens with two attached hydrogens (primary N) is 1. The summed E-state index contributed by atoms with van der Waals surface area (Å²) in [5.41, 5.74) is 10.2. The molecule has 2 aromatic carbocycles. The van der Waals surface area contributed by atoms with Gasteiger partial charge >= 0.3 is 0 Å². The number of ether oxygens (including phenoxy) is 4. The Kier molecular flexibility index (Phi) is 5.98. The smallest absolute Gasteiger partial charge is 0.203 e. The molecule has 0 spiro atoms. The van der Waals surface area contributed by atoms with E-state index in [1.165, 1.54) is 7.11 Å². The molecule has 1 aromatic heterocycles. The molecule has 7 nitrogen and oxygen atoms in total. The number of methoxy groups -OCH3 is 4. The van der Waals surface area contributed by atoms with Gasteiger partial charge in [0.25, 0.3) is 0 Å². The molecule has 30 heavy (non-hydrogen) atoms. The first-order valence-corrected chi connectivity index (χ1v) is 9.14. The van der Waals surface area contributed by atoms with E-state index in [-0.39, 0.29) is 5.82 Å². The van der Waals surface area contributed by atoms with Crippen molar-refractivity contribution in [2.45, 2.75) is 6.92 Å². The quantitative estimate of drug-likeness (QED) is 0.655. The van der Waals surface area contributed by atoms with Crippen molar-refractivity contribution in [1.29, 1.82) is 5.26 Å². The van der Waals surface area contributed by atoms with Gasteiger partial charge in [-0.2, -0.15) is 5.26 Å². The summed E-state index contributed by atoms with van der Waals surface area (Å²) in [5.74, 6) is 2.32. The average molecular weight is 405 g/mol. The fourth-order valence-electron chi connectivity index (χ4n) is 3.42. The highest BCUT2D eigenvalue weighted by Gasteiger charge is 2.22. The summed E-state index contributed by atoms with van der Waals surface area (Å²) in [4.78, 5) is 4.50. The van der Waals surface area contributed by atoms with E-state index in [1.807, 2.05) is 31.2 Å². The van der Waals surface area contributed by atoms with Crippen molar-refractivity contribution in [3.8, 4) is 51.5 Å². The molecule has 1 heterocycles. The first kappa shape index (κ1) is 20.8. The maximum absolute atomic E-state index is 9.79. The zero-order valence-corrected chi connectivity index (χ0v) is 17.6. The van der Waals surface area contributed by atoms with Gasteiger partial charge in [0.2, 0.25) is 5.75 Å². The van der Waals surface area contributed by atoms with Gasteiger partial charge in [-0.15, -0.1) is 0 Å². The van der Waals surface area contributed by atoms with E-state index in [9.17, 15) is 5.26 Å². The topological polar surface area (TPSA) is 99.6 Å². The van der Waals surface area contributed by atoms with Crippen molar-refractivity contribution in [3.63, 3.8) is 0 Å². The minimum Gasteiger partial charge on any atom is -0.497 e. The third-order valence-electron chi connectivity index (χ3n) is 4.90. The van der Waals surface area contributed by atoms with Crippen LogP contribution in [0.15, 0.2) is 36.4 Å². The number of nitrogen functional groups attached to an aromatic ring is 1. The van der Waals surface area contributed by atoms with E-state index < -0.39 is 0 Å². The predicted molar refractivity (Wildman–Crippen MR) is 115 cm³/mol. The van der Waals surface area contributed by atoms with Crippen LogP contribution in [0.25, 0.3) is 22.4 Å². The van der Waals surface area contributed by atoms with Crippen LogP contribution < -0.4 is 24.7 Å². The largest absolute Gasteiger partial charge is 0.497 e. The molecule has 0 amide bonds. The lowest BCUT2D eigenvalue weighted by atomic mass is 9.92. The summed E-state index contributed by atoms with van der Waals surface area (Å²) < 4.78 is 21.6. The second-order valence-electron chi connectivity index (χ2n) is 6.47. The minimum atomic E-state index is 0.151. The summed E-state index contributed by atoms with van der Waals surface area (Å²) in [6, 6.07) is 13.3. The first-order valence-electron chi connectivity index (χ1n) is 9.14. The number of hydrogen-bond donors (Lipinski definition) is 1. The summed E-state index contributed by atoms with van der Waals surface area (Å²) >= 11 is 0. The van der Waals surface area contributed by atoms with Gasteiger partial charge in [0.15, 0.2) is 11.5 Å². The van der Waals surface area contributed by atoms with Crippen LogP contribution >= 0.6 is 0 Å². The van der Waals surface area contributed by atoms with E-state index in [2.05, 4.69) is 11.1 Å². The Morgan fingerprint density at radius 3 is 1.93 bits per heavy atom. The number of hydrogen-bond acceptors (Lipinski definition) is 7. The highest BCUT2D eigenvalue weighted by molar-refractivity contribution is 5.86. The van der Waals surface area contributed by atoms with Crippen molar-refractivity contribution in [2.75, 3.05) is 34.2 Å². The normalized spacial score (nSPS) is 10.3. The maximum Gasteiger partial charge on any atom is 0.203 e. The standard InChI is InChI=1S/C23H23N3O4/c1-13-20(15-10-18(28-3)22(30-5)19(11-15)29-4)17(12-24)23(25)26-21(13)14-6-8-16(27-2)9-7-14/h6-11H,1-5H3,(H2,25,26). The zero-order chi connectivity index (χ0) is 21.8. The predicted octanol–water partition coefficient (Wildman–Crippen LogP) is 4.21. The Morgan fingerprint density at radius 1 is 0.867 bits per heavy atom.